The van der Waals surface area contributed by atoms with Crippen LogP contribution in [0.1, 0.15) is 56.9 Å². The molecule has 1 aromatic rings. The van der Waals surface area contributed by atoms with Gasteiger partial charge in [-0.05, 0) is 62.1 Å². The van der Waals surface area contributed by atoms with Gasteiger partial charge in [0.15, 0.2) is 0 Å². The van der Waals surface area contributed by atoms with Crippen LogP contribution in [0.2, 0.25) is 0 Å². The van der Waals surface area contributed by atoms with Gasteiger partial charge in [0.25, 0.3) is 0 Å². The second-order valence-electron chi connectivity index (χ2n) is 6.43. The van der Waals surface area contributed by atoms with E-state index in [-0.39, 0.29) is 0 Å². The Morgan fingerprint density at radius 3 is 2.50 bits per heavy atom. The molecule has 0 aromatic heterocycles. The summed E-state index contributed by atoms with van der Waals surface area (Å²) in [5, 5.41) is 12.8. The summed E-state index contributed by atoms with van der Waals surface area (Å²) in [6.07, 6.45) is 11.0. The van der Waals surface area contributed by atoms with Crippen molar-refractivity contribution in [1.82, 2.24) is 0 Å². The van der Waals surface area contributed by atoms with E-state index < -0.39 is 0 Å². The molecule has 0 radical (unpaired) electrons. The Morgan fingerprint density at radius 2 is 1.85 bits per heavy atom. The van der Waals surface area contributed by atoms with E-state index in [1.165, 1.54) is 51.4 Å². The molecule has 1 N–H and O–H groups in total. The molecule has 1 aromatic carbocycles. The number of benzene rings is 1. The zero-order chi connectivity index (χ0) is 14.0. The van der Waals surface area contributed by atoms with Crippen molar-refractivity contribution in [3.63, 3.8) is 0 Å². The van der Waals surface area contributed by atoms with Gasteiger partial charge in [-0.15, -0.1) is 0 Å². The Labute approximate surface area is 129 Å². The number of hydrogen-bond donors (Lipinski definition) is 1. The molecule has 0 amide bonds. The SMILES string of the molecule is N#Cc1ccc(Br)cc1NC1CCC2(CCCC2)CC1. The minimum absolute atomic E-state index is 0.530. The van der Waals surface area contributed by atoms with Gasteiger partial charge in [0.1, 0.15) is 6.07 Å². The third kappa shape index (κ3) is 2.86. The summed E-state index contributed by atoms with van der Waals surface area (Å²) in [5.41, 5.74) is 2.40. The number of rotatable bonds is 2. The van der Waals surface area contributed by atoms with E-state index in [1.807, 2.05) is 18.2 Å². The van der Waals surface area contributed by atoms with Gasteiger partial charge < -0.3 is 5.32 Å². The van der Waals surface area contributed by atoms with Gasteiger partial charge in [-0.3, -0.25) is 0 Å². The van der Waals surface area contributed by atoms with Crippen LogP contribution in [0.15, 0.2) is 22.7 Å². The molecule has 2 fully saturated rings. The minimum atomic E-state index is 0.530. The van der Waals surface area contributed by atoms with Gasteiger partial charge in [-0.2, -0.15) is 5.26 Å². The topological polar surface area (TPSA) is 35.8 Å². The quantitative estimate of drug-likeness (QED) is 0.804. The highest BCUT2D eigenvalue weighted by atomic mass is 79.9. The second kappa shape index (κ2) is 5.77. The van der Waals surface area contributed by atoms with E-state index in [0.29, 0.717) is 11.5 Å². The van der Waals surface area contributed by atoms with Crippen LogP contribution >= 0.6 is 15.9 Å². The van der Waals surface area contributed by atoms with Crippen LogP contribution in [-0.2, 0) is 0 Å². The van der Waals surface area contributed by atoms with E-state index in [0.717, 1.165) is 15.7 Å². The molecule has 2 nitrogen and oxygen atoms in total. The highest BCUT2D eigenvalue weighted by Crippen LogP contribution is 2.49. The maximum atomic E-state index is 9.20. The van der Waals surface area contributed by atoms with Gasteiger partial charge in [0, 0.05) is 10.5 Å². The van der Waals surface area contributed by atoms with Crippen molar-refractivity contribution in [3.8, 4) is 6.07 Å². The van der Waals surface area contributed by atoms with Crippen LogP contribution in [0.4, 0.5) is 5.69 Å². The lowest BCUT2D eigenvalue weighted by molar-refractivity contribution is 0.188. The lowest BCUT2D eigenvalue weighted by Crippen LogP contribution is -2.31. The van der Waals surface area contributed by atoms with Crippen LogP contribution in [0.3, 0.4) is 0 Å². The number of nitrogens with zero attached hydrogens (tertiary/aromatic N) is 1. The van der Waals surface area contributed by atoms with E-state index in [1.54, 1.807) is 0 Å². The molecule has 0 heterocycles. The van der Waals surface area contributed by atoms with E-state index in [4.69, 9.17) is 0 Å². The van der Waals surface area contributed by atoms with Gasteiger partial charge >= 0.3 is 0 Å². The van der Waals surface area contributed by atoms with Crippen molar-refractivity contribution in [2.24, 2.45) is 5.41 Å². The Bertz CT molecular complexity index is 516. The third-order valence-corrected chi connectivity index (χ3v) is 5.67. The highest BCUT2D eigenvalue weighted by Gasteiger charge is 2.37. The summed E-state index contributed by atoms with van der Waals surface area (Å²) >= 11 is 3.49. The van der Waals surface area contributed by atoms with E-state index >= 15 is 0 Å². The van der Waals surface area contributed by atoms with E-state index in [9.17, 15) is 5.26 Å². The maximum Gasteiger partial charge on any atom is 0.101 e. The predicted molar refractivity (Wildman–Crippen MR) is 85.6 cm³/mol. The van der Waals surface area contributed by atoms with Crippen LogP contribution in [0.25, 0.3) is 0 Å². The zero-order valence-corrected chi connectivity index (χ0v) is 13.4. The number of hydrogen-bond acceptors (Lipinski definition) is 2. The van der Waals surface area contributed by atoms with E-state index in [2.05, 4.69) is 27.3 Å². The maximum absolute atomic E-state index is 9.20. The molecular weight excluding hydrogens is 312 g/mol. The molecule has 1 spiro atoms. The summed E-state index contributed by atoms with van der Waals surface area (Å²) in [5.74, 6) is 0. The smallest absolute Gasteiger partial charge is 0.101 e. The predicted octanol–water partition coefficient (Wildman–Crippen LogP) is 5.24. The van der Waals surface area contributed by atoms with Gasteiger partial charge in [-0.1, -0.05) is 28.8 Å². The fourth-order valence-corrected chi connectivity index (χ4v) is 4.31. The first-order valence-corrected chi connectivity index (χ1v) is 8.46. The second-order valence-corrected chi connectivity index (χ2v) is 7.34. The molecule has 2 saturated carbocycles. The van der Waals surface area contributed by atoms with Crippen molar-refractivity contribution < 1.29 is 0 Å². The summed E-state index contributed by atoms with van der Waals surface area (Å²) in [4.78, 5) is 0. The molecule has 3 heteroatoms. The summed E-state index contributed by atoms with van der Waals surface area (Å²) in [6.45, 7) is 0. The summed E-state index contributed by atoms with van der Waals surface area (Å²) in [6, 6.07) is 8.65. The largest absolute Gasteiger partial charge is 0.381 e. The number of nitriles is 1. The molecule has 20 heavy (non-hydrogen) atoms. The molecule has 106 valence electrons. The first kappa shape index (κ1) is 13.9. The Balaban J connectivity index is 1.65. The Morgan fingerprint density at radius 1 is 1.15 bits per heavy atom. The fraction of sp³-hybridized carbons (Fsp3) is 0.588. The molecule has 0 atom stereocenters. The van der Waals surface area contributed by atoms with Crippen molar-refractivity contribution in [2.45, 2.75) is 57.4 Å². The monoisotopic (exact) mass is 332 g/mol. The number of nitrogens with one attached hydrogen (secondary N) is 1. The van der Waals surface area contributed by atoms with Crippen molar-refractivity contribution in [3.05, 3.63) is 28.2 Å². The zero-order valence-electron chi connectivity index (χ0n) is 11.8. The molecule has 2 aliphatic carbocycles. The highest BCUT2D eigenvalue weighted by molar-refractivity contribution is 9.10. The molecular formula is C17H21BrN2. The summed E-state index contributed by atoms with van der Waals surface area (Å²) in [7, 11) is 0. The lowest BCUT2D eigenvalue weighted by Gasteiger charge is -2.38. The molecule has 0 saturated heterocycles. The van der Waals surface area contributed by atoms with Gasteiger partial charge in [-0.25, -0.2) is 0 Å². The van der Waals surface area contributed by atoms with Crippen molar-refractivity contribution in [1.29, 1.82) is 5.26 Å². The summed E-state index contributed by atoms with van der Waals surface area (Å²) < 4.78 is 1.03. The molecule has 0 unspecified atom stereocenters. The van der Waals surface area contributed by atoms with Gasteiger partial charge in [0.2, 0.25) is 0 Å². The average Bonchev–Trinajstić information content (AvgIpc) is 2.90. The molecule has 0 bridgehead atoms. The van der Waals surface area contributed by atoms with Crippen LogP contribution in [0.5, 0.6) is 0 Å². The third-order valence-electron chi connectivity index (χ3n) is 5.17. The Kier molecular flexibility index (Phi) is 4.03. The van der Waals surface area contributed by atoms with Crippen molar-refractivity contribution in [2.75, 3.05) is 5.32 Å². The molecule has 0 aliphatic heterocycles. The van der Waals surface area contributed by atoms with Crippen molar-refractivity contribution >= 4 is 21.6 Å². The molecule has 2 aliphatic rings. The fourth-order valence-electron chi connectivity index (χ4n) is 3.95. The normalized spacial score (nSPS) is 21.8. The van der Waals surface area contributed by atoms with Crippen LogP contribution < -0.4 is 5.32 Å². The Hall–Kier alpha value is -1.01. The van der Waals surface area contributed by atoms with Crippen LogP contribution in [-0.4, -0.2) is 6.04 Å². The standard InChI is InChI=1S/C17H21BrN2/c18-14-4-3-13(12-19)16(11-14)20-15-5-9-17(10-6-15)7-1-2-8-17/h3-4,11,15,20H,1-2,5-10H2. The average molecular weight is 333 g/mol. The number of anilines is 1. The van der Waals surface area contributed by atoms with Gasteiger partial charge in [0.05, 0.1) is 11.3 Å². The van der Waals surface area contributed by atoms with Crippen LogP contribution in [0, 0.1) is 16.7 Å². The molecule has 3 rings (SSSR count). The minimum Gasteiger partial charge on any atom is -0.381 e. The lowest BCUT2D eigenvalue weighted by atomic mass is 9.71. The number of halogens is 1. The first-order valence-electron chi connectivity index (χ1n) is 7.67. The first-order chi connectivity index (χ1) is 9.71.